The molecule has 0 saturated carbocycles. The number of Topliss-reactive ketones (excluding diaryl/α,β-unsaturated/α-hetero) is 1. The molecular formula is C27H24O7. The fraction of sp³-hybridized carbons (Fsp3) is 0.185. The first kappa shape index (κ1) is 22.9. The SMILES string of the molecule is COC(=O)c1ccc(COc2cc(C)c3c(c2)O/C(=C\c2ccc(OC)cc2OC)C3=O)cc1. The molecule has 3 aromatic carbocycles. The lowest BCUT2D eigenvalue weighted by molar-refractivity contribution is 0.0600. The van der Waals surface area contributed by atoms with Crippen molar-refractivity contribution in [1.29, 1.82) is 0 Å². The maximum absolute atomic E-state index is 13.0. The summed E-state index contributed by atoms with van der Waals surface area (Å²) < 4.78 is 27.2. The van der Waals surface area contributed by atoms with E-state index in [1.165, 1.54) is 7.11 Å². The van der Waals surface area contributed by atoms with Crippen molar-refractivity contribution >= 4 is 17.8 Å². The van der Waals surface area contributed by atoms with Crippen LogP contribution in [-0.2, 0) is 11.3 Å². The summed E-state index contributed by atoms with van der Waals surface area (Å²) in [5.74, 6) is 1.85. The average Bonchev–Trinajstić information content (AvgIpc) is 3.18. The molecule has 0 aromatic heterocycles. The Balaban J connectivity index is 1.53. The molecule has 0 amide bonds. The van der Waals surface area contributed by atoms with Gasteiger partial charge in [0.25, 0.3) is 0 Å². The number of hydrogen-bond acceptors (Lipinski definition) is 7. The van der Waals surface area contributed by atoms with Crippen LogP contribution in [0.1, 0.15) is 37.4 Å². The normalized spacial score (nSPS) is 13.3. The van der Waals surface area contributed by atoms with Gasteiger partial charge in [0.2, 0.25) is 5.78 Å². The van der Waals surface area contributed by atoms with Gasteiger partial charge in [0.15, 0.2) is 5.76 Å². The molecule has 0 aliphatic carbocycles. The molecule has 1 aliphatic heterocycles. The van der Waals surface area contributed by atoms with Gasteiger partial charge < -0.3 is 23.7 Å². The zero-order valence-corrected chi connectivity index (χ0v) is 19.3. The van der Waals surface area contributed by atoms with Crippen LogP contribution in [0.4, 0.5) is 0 Å². The summed E-state index contributed by atoms with van der Waals surface area (Å²) in [6.07, 6.45) is 1.66. The number of benzene rings is 3. The first-order chi connectivity index (χ1) is 16.4. The summed E-state index contributed by atoms with van der Waals surface area (Å²) >= 11 is 0. The van der Waals surface area contributed by atoms with Gasteiger partial charge in [-0.25, -0.2) is 4.79 Å². The summed E-state index contributed by atoms with van der Waals surface area (Å²) in [7, 11) is 4.48. The predicted molar refractivity (Wildman–Crippen MR) is 126 cm³/mol. The van der Waals surface area contributed by atoms with Crippen molar-refractivity contribution in [2.75, 3.05) is 21.3 Å². The average molecular weight is 460 g/mol. The molecule has 1 aliphatic rings. The number of esters is 1. The molecule has 0 unspecified atom stereocenters. The maximum Gasteiger partial charge on any atom is 0.337 e. The monoisotopic (exact) mass is 460 g/mol. The van der Waals surface area contributed by atoms with Crippen molar-refractivity contribution in [3.05, 3.63) is 88.2 Å². The van der Waals surface area contributed by atoms with Gasteiger partial charge in [-0.1, -0.05) is 12.1 Å². The van der Waals surface area contributed by atoms with E-state index in [9.17, 15) is 9.59 Å². The van der Waals surface area contributed by atoms with Crippen LogP contribution in [-0.4, -0.2) is 33.1 Å². The van der Waals surface area contributed by atoms with E-state index >= 15 is 0 Å². The third kappa shape index (κ3) is 4.59. The smallest absolute Gasteiger partial charge is 0.337 e. The first-order valence-corrected chi connectivity index (χ1v) is 10.5. The van der Waals surface area contributed by atoms with Gasteiger partial charge in [-0.3, -0.25) is 4.79 Å². The Morgan fingerprint density at radius 2 is 1.71 bits per heavy atom. The Morgan fingerprint density at radius 3 is 2.38 bits per heavy atom. The fourth-order valence-electron chi connectivity index (χ4n) is 3.66. The standard InChI is InChI=1S/C27H24O7/c1-16-11-21(33-15-17-5-7-18(8-6-17)27(29)32-4)14-23-25(16)26(28)24(34-23)12-19-9-10-20(30-2)13-22(19)31-3/h5-14H,15H2,1-4H3/b24-12-. The Labute approximate surface area is 197 Å². The van der Waals surface area contributed by atoms with Crippen molar-refractivity contribution in [1.82, 2.24) is 0 Å². The van der Waals surface area contributed by atoms with E-state index in [4.69, 9.17) is 23.7 Å². The lowest BCUT2D eigenvalue weighted by Crippen LogP contribution is -2.02. The highest BCUT2D eigenvalue weighted by atomic mass is 16.5. The minimum atomic E-state index is -0.389. The van der Waals surface area contributed by atoms with Gasteiger partial charge in [0.1, 0.15) is 29.6 Å². The molecule has 0 bridgehead atoms. The van der Waals surface area contributed by atoms with E-state index < -0.39 is 0 Å². The lowest BCUT2D eigenvalue weighted by atomic mass is 10.0. The third-order valence-corrected chi connectivity index (χ3v) is 5.45. The van der Waals surface area contributed by atoms with Crippen LogP contribution in [0.3, 0.4) is 0 Å². The maximum atomic E-state index is 13.0. The van der Waals surface area contributed by atoms with Crippen molar-refractivity contribution in [3.8, 4) is 23.0 Å². The molecule has 0 radical (unpaired) electrons. The molecule has 0 spiro atoms. The number of allylic oxidation sites excluding steroid dienone is 1. The summed E-state index contributed by atoms with van der Waals surface area (Å²) in [6, 6.07) is 15.8. The molecule has 174 valence electrons. The molecule has 0 N–H and O–H groups in total. The number of carbonyl (C=O) groups excluding carboxylic acids is 2. The second-order valence-electron chi connectivity index (χ2n) is 7.64. The number of ether oxygens (including phenoxy) is 5. The van der Waals surface area contributed by atoms with E-state index in [1.54, 1.807) is 74.9 Å². The molecule has 34 heavy (non-hydrogen) atoms. The van der Waals surface area contributed by atoms with Crippen molar-refractivity contribution < 1.29 is 33.3 Å². The molecule has 1 heterocycles. The van der Waals surface area contributed by atoms with Crippen LogP contribution in [0.15, 0.2) is 60.4 Å². The summed E-state index contributed by atoms with van der Waals surface area (Å²) in [4.78, 5) is 24.6. The minimum Gasteiger partial charge on any atom is -0.497 e. The molecule has 0 atom stereocenters. The van der Waals surface area contributed by atoms with Gasteiger partial charge in [-0.15, -0.1) is 0 Å². The molecule has 0 fully saturated rings. The molecule has 4 rings (SSSR count). The largest absolute Gasteiger partial charge is 0.497 e. The molecule has 7 nitrogen and oxygen atoms in total. The zero-order valence-electron chi connectivity index (χ0n) is 19.3. The highest BCUT2D eigenvalue weighted by Gasteiger charge is 2.30. The van der Waals surface area contributed by atoms with Crippen LogP contribution in [0.2, 0.25) is 0 Å². The predicted octanol–water partition coefficient (Wildman–Crippen LogP) is 4.99. The van der Waals surface area contributed by atoms with E-state index in [0.717, 1.165) is 11.1 Å². The Kier molecular flexibility index (Phi) is 6.54. The van der Waals surface area contributed by atoms with E-state index in [-0.39, 0.29) is 17.5 Å². The lowest BCUT2D eigenvalue weighted by Gasteiger charge is -2.10. The number of rotatable bonds is 7. The van der Waals surface area contributed by atoms with Gasteiger partial charge in [-0.2, -0.15) is 0 Å². The number of aryl methyl sites for hydroxylation is 1. The number of hydrogen-bond donors (Lipinski definition) is 0. The van der Waals surface area contributed by atoms with E-state index in [2.05, 4.69) is 0 Å². The number of ketones is 1. The highest BCUT2D eigenvalue weighted by molar-refractivity contribution is 6.15. The Morgan fingerprint density at radius 1 is 0.941 bits per heavy atom. The number of methoxy groups -OCH3 is 3. The first-order valence-electron chi connectivity index (χ1n) is 10.5. The van der Waals surface area contributed by atoms with E-state index in [1.807, 2.05) is 6.92 Å². The van der Waals surface area contributed by atoms with Gasteiger partial charge >= 0.3 is 5.97 Å². The molecular weight excluding hydrogens is 436 g/mol. The van der Waals surface area contributed by atoms with Crippen LogP contribution in [0.25, 0.3) is 6.08 Å². The second kappa shape index (κ2) is 9.70. The van der Waals surface area contributed by atoms with Crippen LogP contribution < -0.4 is 18.9 Å². The quantitative estimate of drug-likeness (QED) is 0.363. The third-order valence-electron chi connectivity index (χ3n) is 5.45. The van der Waals surface area contributed by atoms with Crippen molar-refractivity contribution in [2.45, 2.75) is 13.5 Å². The summed E-state index contributed by atoms with van der Waals surface area (Å²) in [5.41, 5.74) is 3.32. The second-order valence-corrected chi connectivity index (χ2v) is 7.64. The van der Waals surface area contributed by atoms with Crippen molar-refractivity contribution in [3.63, 3.8) is 0 Å². The summed E-state index contributed by atoms with van der Waals surface area (Å²) in [5, 5.41) is 0. The van der Waals surface area contributed by atoms with Gasteiger partial charge in [0, 0.05) is 17.7 Å². The Hall–Kier alpha value is -4.26. The molecule has 7 heteroatoms. The topological polar surface area (TPSA) is 80.3 Å². The summed E-state index contributed by atoms with van der Waals surface area (Å²) in [6.45, 7) is 2.13. The zero-order chi connectivity index (χ0) is 24.2. The fourth-order valence-corrected chi connectivity index (χ4v) is 3.66. The minimum absolute atomic E-state index is 0.199. The van der Waals surface area contributed by atoms with Crippen LogP contribution >= 0.6 is 0 Å². The van der Waals surface area contributed by atoms with Crippen molar-refractivity contribution in [2.24, 2.45) is 0 Å². The number of carbonyl (C=O) groups is 2. The van der Waals surface area contributed by atoms with Crippen LogP contribution in [0, 0.1) is 6.92 Å². The van der Waals surface area contributed by atoms with Crippen LogP contribution in [0.5, 0.6) is 23.0 Å². The molecule has 3 aromatic rings. The van der Waals surface area contributed by atoms with Gasteiger partial charge in [0.05, 0.1) is 32.5 Å². The molecule has 0 saturated heterocycles. The number of fused-ring (bicyclic) bond motifs is 1. The van der Waals surface area contributed by atoms with Gasteiger partial charge in [-0.05, 0) is 54.5 Å². The Bertz CT molecular complexity index is 1270. The van der Waals surface area contributed by atoms with E-state index in [0.29, 0.717) is 46.3 Å². The highest BCUT2D eigenvalue weighted by Crippen LogP contribution is 2.38.